The second kappa shape index (κ2) is 7.53. The maximum Gasteiger partial charge on any atom is 0.243 e. The third kappa shape index (κ3) is 4.02. The van der Waals surface area contributed by atoms with Crippen LogP contribution in [0.25, 0.3) is 0 Å². The van der Waals surface area contributed by atoms with Gasteiger partial charge in [-0.2, -0.15) is 15.0 Å². The van der Waals surface area contributed by atoms with Gasteiger partial charge in [0.25, 0.3) is 0 Å². The van der Waals surface area contributed by atoms with Crippen LogP contribution in [0.4, 0.5) is 17.8 Å². The molecule has 2 aromatic heterocycles. The van der Waals surface area contributed by atoms with Crippen LogP contribution in [-0.4, -0.2) is 28.0 Å². The van der Waals surface area contributed by atoms with Crippen LogP contribution in [0.2, 0.25) is 0 Å². The molecule has 2 aromatic rings. The number of halogens is 1. The number of nitrogens with one attached hydrogen (secondary N) is 2. The summed E-state index contributed by atoms with van der Waals surface area (Å²) in [4.78, 5) is 16.2. The summed E-state index contributed by atoms with van der Waals surface area (Å²) in [5.41, 5.74) is 2.48. The number of anilines is 3. The quantitative estimate of drug-likeness (QED) is 0.508. The lowest BCUT2D eigenvalue weighted by molar-refractivity contribution is 0.812. The number of nitrogens with zero attached hydrogens (tertiary/aromatic N) is 4. The zero-order chi connectivity index (χ0) is 15.2. The van der Waals surface area contributed by atoms with E-state index in [2.05, 4.69) is 55.5 Å². The molecule has 0 atom stereocenters. The second-order valence-electron chi connectivity index (χ2n) is 4.14. The summed E-state index contributed by atoms with van der Waals surface area (Å²) in [6.07, 6.45) is 0. The standard InChI is InChI=1S/C12H18BrN7S/c1-3-20(4-2)12-17-10(16-11(18-12)19-14)15-7-9-8(13)5-6-21-9/h5-6H,3-4,7,14H2,1-2H3,(H2,15,16,17,18,19). The highest BCUT2D eigenvalue weighted by Gasteiger charge is 2.11. The van der Waals surface area contributed by atoms with E-state index in [1.165, 1.54) is 4.88 Å². The number of thiophene rings is 1. The maximum absolute atomic E-state index is 5.43. The minimum atomic E-state index is 0.347. The van der Waals surface area contributed by atoms with E-state index in [4.69, 9.17) is 5.84 Å². The van der Waals surface area contributed by atoms with Crippen LogP contribution >= 0.6 is 27.3 Å². The Morgan fingerprint density at radius 3 is 2.52 bits per heavy atom. The van der Waals surface area contributed by atoms with Crippen LogP contribution in [0.5, 0.6) is 0 Å². The maximum atomic E-state index is 5.43. The summed E-state index contributed by atoms with van der Waals surface area (Å²) in [6.45, 7) is 6.39. The molecule has 2 heterocycles. The summed E-state index contributed by atoms with van der Waals surface area (Å²) in [6, 6.07) is 2.02. The first kappa shape index (κ1) is 15.9. The average molecular weight is 372 g/mol. The molecule has 0 aromatic carbocycles. The van der Waals surface area contributed by atoms with Crippen molar-refractivity contribution in [3.8, 4) is 0 Å². The Morgan fingerprint density at radius 2 is 1.95 bits per heavy atom. The molecule has 21 heavy (non-hydrogen) atoms. The summed E-state index contributed by atoms with van der Waals surface area (Å²) in [5, 5.41) is 5.23. The van der Waals surface area contributed by atoms with Crippen molar-refractivity contribution in [3.05, 3.63) is 20.8 Å². The molecular formula is C12H18BrN7S. The number of nitrogen functional groups attached to an aromatic ring is 1. The minimum absolute atomic E-state index is 0.347. The Morgan fingerprint density at radius 1 is 1.24 bits per heavy atom. The van der Waals surface area contributed by atoms with E-state index in [9.17, 15) is 0 Å². The molecule has 0 unspecified atom stereocenters. The van der Waals surface area contributed by atoms with Crippen molar-refractivity contribution < 1.29 is 0 Å². The van der Waals surface area contributed by atoms with Gasteiger partial charge >= 0.3 is 0 Å². The Labute approximate surface area is 136 Å². The van der Waals surface area contributed by atoms with Gasteiger partial charge < -0.3 is 10.2 Å². The third-order valence-corrected chi connectivity index (χ3v) is 4.82. The Bertz CT molecular complexity index is 585. The molecule has 9 heteroatoms. The van der Waals surface area contributed by atoms with Crippen molar-refractivity contribution in [1.82, 2.24) is 15.0 Å². The summed E-state index contributed by atoms with van der Waals surface area (Å²) >= 11 is 5.17. The first-order valence-corrected chi connectivity index (χ1v) is 8.28. The number of hydrogen-bond acceptors (Lipinski definition) is 8. The van der Waals surface area contributed by atoms with Gasteiger partial charge in [-0.05, 0) is 41.2 Å². The van der Waals surface area contributed by atoms with Crippen molar-refractivity contribution in [2.45, 2.75) is 20.4 Å². The molecule has 0 aliphatic carbocycles. The molecule has 0 spiro atoms. The van der Waals surface area contributed by atoms with Crippen LogP contribution in [0.15, 0.2) is 15.9 Å². The van der Waals surface area contributed by atoms with Gasteiger partial charge in [0.1, 0.15) is 0 Å². The smallest absolute Gasteiger partial charge is 0.243 e. The van der Waals surface area contributed by atoms with Crippen LogP contribution < -0.4 is 21.5 Å². The molecule has 0 radical (unpaired) electrons. The van der Waals surface area contributed by atoms with Gasteiger partial charge in [0, 0.05) is 22.4 Å². The van der Waals surface area contributed by atoms with Crippen molar-refractivity contribution in [1.29, 1.82) is 0 Å². The fraction of sp³-hybridized carbons (Fsp3) is 0.417. The van der Waals surface area contributed by atoms with E-state index in [-0.39, 0.29) is 0 Å². The summed E-state index contributed by atoms with van der Waals surface area (Å²) < 4.78 is 1.08. The molecule has 0 fully saturated rings. The van der Waals surface area contributed by atoms with Gasteiger partial charge in [-0.15, -0.1) is 11.3 Å². The lowest BCUT2D eigenvalue weighted by Crippen LogP contribution is -2.26. The molecule has 114 valence electrons. The van der Waals surface area contributed by atoms with Gasteiger partial charge in [0.15, 0.2) is 0 Å². The monoisotopic (exact) mass is 371 g/mol. The lowest BCUT2D eigenvalue weighted by atomic mass is 10.5. The van der Waals surface area contributed by atoms with Crippen LogP contribution in [0.1, 0.15) is 18.7 Å². The summed E-state index contributed by atoms with van der Waals surface area (Å²) in [7, 11) is 0. The summed E-state index contributed by atoms with van der Waals surface area (Å²) in [5.74, 6) is 6.89. The zero-order valence-electron chi connectivity index (χ0n) is 11.9. The second-order valence-corrected chi connectivity index (χ2v) is 6.00. The molecule has 0 aliphatic rings. The highest BCUT2D eigenvalue weighted by atomic mass is 79.9. The highest BCUT2D eigenvalue weighted by Crippen LogP contribution is 2.23. The number of hydrazine groups is 1. The zero-order valence-corrected chi connectivity index (χ0v) is 14.3. The molecule has 2 rings (SSSR count). The van der Waals surface area contributed by atoms with E-state index in [1.54, 1.807) is 11.3 Å². The molecule has 0 amide bonds. The van der Waals surface area contributed by atoms with Gasteiger partial charge in [-0.1, -0.05) is 0 Å². The first-order valence-electron chi connectivity index (χ1n) is 6.61. The molecule has 4 N–H and O–H groups in total. The Kier molecular flexibility index (Phi) is 5.71. The molecule has 0 saturated heterocycles. The predicted molar refractivity (Wildman–Crippen MR) is 90.5 cm³/mol. The fourth-order valence-corrected chi connectivity index (χ4v) is 3.20. The number of rotatable bonds is 7. The molecule has 0 bridgehead atoms. The van der Waals surface area contributed by atoms with Crippen molar-refractivity contribution in [2.75, 3.05) is 28.7 Å². The van der Waals surface area contributed by atoms with Crippen molar-refractivity contribution >= 4 is 45.1 Å². The number of nitrogens with two attached hydrogens (primary N) is 1. The molecule has 7 nitrogen and oxygen atoms in total. The van der Waals surface area contributed by atoms with Gasteiger partial charge in [0.2, 0.25) is 17.8 Å². The first-order chi connectivity index (χ1) is 10.2. The average Bonchev–Trinajstić information content (AvgIpc) is 2.91. The van der Waals surface area contributed by atoms with Crippen molar-refractivity contribution in [2.24, 2.45) is 5.84 Å². The SMILES string of the molecule is CCN(CC)c1nc(NN)nc(NCc2sccc2Br)n1. The Hall–Kier alpha value is -1.45. The number of hydrogen-bond donors (Lipinski definition) is 3. The van der Waals surface area contributed by atoms with Crippen LogP contribution in [-0.2, 0) is 6.54 Å². The Balaban J connectivity index is 2.18. The fourth-order valence-electron chi connectivity index (χ4n) is 1.77. The van der Waals surface area contributed by atoms with E-state index >= 15 is 0 Å². The molecular weight excluding hydrogens is 354 g/mol. The predicted octanol–water partition coefficient (Wildman–Crippen LogP) is 2.44. The van der Waals surface area contributed by atoms with E-state index < -0.39 is 0 Å². The topological polar surface area (TPSA) is 92.0 Å². The van der Waals surface area contributed by atoms with Crippen molar-refractivity contribution in [3.63, 3.8) is 0 Å². The van der Waals surface area contributed by atoms with E-state index in [0.717, 1.165) is 17.6 Å². The lowest BCUT2D eigenvalue weighted by Gasteiger charge is -2.19. The largest absolute Gasteiger partial charge is 0.349 e. The molecule has 0 aliphatic heterocycles. The van der Waals surface area contributed by atoms with Crippen LogP contribution in [0.3, 0.4) is 0 Å². The van der Waals surface area contributed by atoms with Gasteiger partial charge in [-0.25, -0.2) is 5.84 Å². The van der Waals surface area contributed by atoms with Gasteiger partial charge in [-0.3, -0.25) is 5.43 Å². The van der Waals surface area contributed by atoms with E-state index in [0.29, 0.717) is 24.4 Å². The van der Waals surface area contributed by atoms with Gasteiger partial charge in [0.05, 0.1) is 6.54 Å². The van der Waals surface area contributed by atoms with E-state index in [1.807, 2.05) is 16.3 Å². The number of aromatic nitrogens is 3. The van der Waals surface area contributed by atoms with Crippen LogP contribution in [0, 0.1) is 0 Å². The highest BCUT2D eigenvalue weighted by molar-refractivity contribution is 9.10. The minimum Gasteiger partial charge on any atom is -0.349 e. The molecule has 0 saturated carbocycles. The normalized spacial score (nSPS) is 10.5. The third-order valence-electron chi connectivity index (χ3n) is 2.90.